The molecular weight excluding hydrogens is 348 g/mol. The van der Waals surface area contributed by atoms with Gasteiger partial charge in [0, 0.05) is 10.1 Å². The second-order valence-corrected chi connectivity index (χ2v) is 6.96. The minimum atomic E-state index is 0.456. The quantitative estimate of drug-likeness (QED) is 0.0781. The summed E-state index contributed by atoms with van der Waals surface area (Å²) in [5.41, 5.74) is 0. The van der Waals surface area contributed by atoms with Gasteiger partial charge in [0.25, 0.3) is 0 Å². The Kier molecular flexibility index (Phi) is 24.7. The van der Waals surface area contributed by atoms with Gasteiger partial charge in [-0.3, -0.25) is 0 Å². The minimum Gasteiger partial charge on any atom is -0.314 e. The molecule has 0 amide bonds. The first kappa shape index (κ1) is 26.3. The highest BCUT2D eigenvalue weighted by molar-refractivity contribution is 4.62. The summed E-state index contributed by atoms with van der Waals surface area (Å²) in [7, 11) is 0. The van der Waals surface area contributed by atoms with Crippen LogP contribution in [0.4, 0.5) is 0 Å². The molecule has 0 atom stereocenters. The second-order valence-electron chi connectivity index (χ2n) is 6.96. The Balaban J connectivity index is 2.97. The summed E-state index contributed by atoms with van der Waals surface area (Å²) in [6.45, 7) is 4.50. The molecule has 27 heavy (non-hydrogen) atoms. The lowest BCUT2D eigenvalue weighted by molar-refractivity contribution is -0.751. The van der Waals surface area contributed by atoms with Gasteiger partial charge in [-0.2, -0.15) is 0 Å². The van der Waals surface area contributed by atoms with Crippen LogP contribution >= 0.6 is 0 Å². The SMILES string of the molecule is CC=COOOOOOCCCCCCCCCCCCCCCCCC. The lowest BCUT2D eigenvalue weighted by Gasteiger charge is -2.03. The standard InChI is InChI=1S/C21H42O6/c1-3-5-6-7-8-9-10-11-12-13-14-15-16-17-18-19-21-23-25-27-26-24-22-20-4-2/h4,20H,3,5-19,21H2,1-2H3. The fourth-order valence-electron chi connectivity index (χ4n) is 2.88. The maximum absolute atomic E-state index is 4.76. The van der Waals surface area contributed by atoms with E-state index in [-0.39, 0.29) is 0 Å². The highest BCUT2D eigenvalue weighted by Gasteiger charge is 1.96. The van der Waals surface area contributed by atoms with Crippen LogP contribution in [-0.4, -0.2) is 6.61 Å². The van der Waals surface area contributed by atoms with E-state index < -0.39 is 0 Å². The summed E-state index contributed by atoms with van der Waals surface area (Å²) in [4.78, 5) is 9.12. The molecule has 0 bridgehead atoms. The molecule has 0 saturated carbocycles. The first-order chi connectivity index (χ1) is 13.4. The summed E-state index contributed by atoms with van der Waals surface area (Å²) >= 11 is 0. The van der Waals surface area contributed by atoms with Crippen molar-refractivity contribution in [2.45, 2.75) is 117 Å². The Hall–Kier alpha value is -0.660. The van der Waals surface area contributed by atoms with Gasteiger partial charge in [0.15, 0.2) is 0 Å². The monoisotopic (exact) mass is 390 g/mol. The van der Waals surface area contributed by atoms with Gasteiger partial charge in [-0.15, -0.1) is 0 Å². The van der Waals surface area contributed by atoms with E-state index in [2.05, 4.69) is 32.0 Å². The fourth-order valence-corrected chi connectivity index (χ4v) is 2.88. The fraction of sp³-hybridized carbons (Fsp3) is 0.905. The van der Waals surface area contributed by atoms with Crippen molar-refractivity contribution >= 4 is 0 Å². The lowest BCUT2D eigenvalue weighted by atomic mass is 10.0. The highest BCUT2D eigenvalue weighted by Crippen LogP contribution is 2.13. The molecule has 0 rings (SSSR count). The molecule has 0 fully saturated rings. The Morgan fingerprint density at radius 1 is 0.519 bits per heavy atom. The minimum absolute atomic E-state index is 0.456. The molecule has 6 nitrogen and oxygen atoms in total. The van der Waals surface area contributed by atoms with Gasteiger partial charge >= 0.3 is 0 Å². The number of hydrogen-bond donors (Lipinski definition) is 0. The van der Waals surface area contributed by atoms with Crippen molar-refractivity contribution in [2.75, 3.05) is 6.61 Å². The van der Waals surface area contributed by atoms with Crippen LogP contribution in [-0.2, 0) is 29.9 Å². The summed E-state index contributed by atoms with van der Waals surface area (Å²) in [6.07, 6.45) is 24.3. The van der Waals surface area contributed by atoms with E-state index in [1.165, 1.54) is 96.2 Å². The molecule has 0 heterocycles. The molecular formula is C21H42O6. The van der Waals surface area contributed by atoms with Crippen molar-refractivity contribution in [1.82, 2.24) is 0 Å². The van der Waals surface area contributed by atoms with Gasteiger partial charge in [-0.25, -0.2) is 4.89 Å². The third kappa shape index (κ3) is 25.3. The lowest BCUT2D eigenvalue weighted by Crippen LogP contribution is -2.00. The molecule has 0 saturated heterocycles. The van der Waals surface area contributed by atoms with Crippen LogP contribution in [0.15, 0.2) is 12.3 Å². The maximum Gasteiger partial charge on any atom is 0.128 e. The van der Waals surface area contributed by atoms with Crippen molar-refractivity contribution in [3.05, 3.63) is 12.3 Å². The van der Waals surface area contributed by atoms with E-state index in [9.17, 15) is 0 Å². The number of unbranched alkanes of at least 4 members (excludes halogenated alkanes) is 15. The average molecular weight is 391 g/mol. The van der Waals surface area contributed by atoms with Gasteiger partial charge in [0.2, 0.25) is 0 Å². The van der Waals surface area contributed by atoms with E-state index in [1.807, 2.05) is 0 Å². The molecule has 6 heteroatoms. The first-order valence-electron chi connectivity index (χ1n) is 11.0. The smallest absolute Gasteiger partial charge is 0.128 e. The summed E-state index contributed by atoms with van der Waals surface area (Å²) in [5.74, 6) is 0. The Labute approximate surface area is 166 Å². The molecule has 0 N–H and O–H groups in total. The van der Waals surface area contributed by atoms with Gasteiger partial charge < -0.3 is 4.89 Å². The van der Waals surface area contributed by atoms with Gasteiger partial charge in [-0.1, -0.05) is 103 Å². The Bertz CT molecular complexity index is 286. The molecule has 0 aromatic heterocycles. The van der Waals surface area contributed by atoms with Gasteiger partial charge in [-0.05, 0) is 29.5 Å². The predicted molar refractivity (Wildman–Crippen MR) is 106 cm³/mol. The molecule has 0 spiro atoms. The van der Waals surface area contributed by atoms with E-state index >= 15 is 0 Å². The summed E-state index contributed by atoms with van der Waals surface area (Å²) < 4.78 is 0. The largest absolute Gasteiger partial charge is 0.314 e. The van der Waals surface area contributed by atoms with Gasteiger partial charge in [0.05, 0.1) is 6.61 Å². The highest BCUT2D eigenvalue weighted by atomic mass is 17.8. The van der Waals surface area contributed by atoms with Crippen molar-refractivity contribution in [3.8, 4) is 0 Å². The van der Waals surface area contributed by atoms with Gasteiger partial charge in [0.1, 0.15) is 6.26 Å². The van der Waals surface area contributed by atoms with Crippen LogP contribution in [0.3, 0.4) is 0 Å². The summed E-state index contributed by atoms with van der Waals surface area (Å²) in [6, 6.07) is 0. The molecule has 0 aliphatic carbocycles. The van der Waals surface area contributed by atoms with Crippen LogP contribution in [0.25, 0.3) is 0 Å². The molecule has 0 radical (unpaired) electrons. The third-order valence-corrected chi connectivity index (χ3v) is 4.44. The first-order valence-corrected chi connectivity index (χ1v) is 11.0. The van der Waals surface area contributed by atoms with Crippen LogP contribution in [0.5, 0.6) is 0 Å². The van der Waals surface area contributed by atoms with Crippen molar-refractivity contribution in [1.29, 1.82) is 0 Å². The predicted octanol–water partition coefficient (Wildman–Crippen LogP) is 7.46. The number of rotatable bonds is 23. The molecule has 0 aromatic rings. The Morgan fingerprint density at radius 2 is 0.963 bits per heavy atom. The van der Waals surface area contributed by atoms with Crippen LogP contribution in [0.1, 0.15) is 117 Å². The zero-order valence-electron chi connectivity index (χ0n) is 17.6. The van der Waals surface area contributed by atoms with Crippen LogP contribution in [0.2, 0.25) is 0 Å². The average Bonchev–Trinajstić information content (AvgIpc) is 2.68. The van der Waals surface area contributed by atoms with E-state index in [4.69, 9.17) is 4.89 Å². The van der Waals surface area contributed by atoms with Crippen molar-refractivity contribution < 1.29 is 29.9 Å². The topological polar surface area (TPSA) is 55.4 Å². The molecule has 0 aliphatic heterocycles. The van der Waals surface area contributed by atoms with Crippen LogP contribution < -0.4 is 0 Å². The molecule has 0 aliphatic rings. The zero-order valence-corrected chi connectivity index (χ0v) is 17.6. The maximum atomic E-state index is 4.76. The molecule has 162 valence electrons. The third-order valence-electron chi connectivity index (χ3n) is 4.44. The van der Waals surface area contributed by atoms with Crippen LogP contribution in [0, 0.1) is 0 Å². The normalized spacial score (nSPS) is 11.5. The van der Waals surface area contributed by atoms with E-state index in [0.29, 0.717) is 6.61 Å². The van der Waals surface area contributed by atoms with Crippen molar-refractivity contribution in [2.24, 2.45) is 0 Å². The summed E-state index contributed by atoms with van der Waals surface area (Å²) in [5, 5.41) is 16.5. The molecule has 0 aromatic carbocycles. The second kappa shape index (κ2) is 25.3. The van der Waals surface area contributed by atoms with E-state index in [0.717, 1.165) is 12.8 Å². The van der Waals surface area contributed by atoms with Crippen molar-refractivity contribution in [3.63, 3.8) is 0 Å². The Morgan fingerprint density at radius 3 is 1.44 bits per heavy atom. The molecule has 0 unspecified atom stereocenters. The number of hydrogen-bond acceptors (Lipinski definition) is 6. The van der Waals surface area contributed by atoms with E-state index in [1.54, 1.807) is 13.0 Å². The zero-order chi connectivity index (χ0) is 19.7. The number of allylic oxidation sites excluding steroid dienone is 1.